The fraction of sp³-hybridized carbons (Fsp3) is 0. The minimum Gasteiger partial charge on any atom is -0.759 e. The van der Waals surface area contributed by atoms with Crippen molar-refractivity contribution in [1.29, 1.82) is 0 Å². The van der Waals surface area contributed by atoms with Crippen LogP contribution >= 0.6 is 0 Å². The van der Waals surface area contributed by atoms with Gasteiger partial charge in [-0.1, -0.05) is 0 Å². The second kappa shape index (κ2) is 13.7. The van der Waals surface area contributed by atoms with E-state index in [1.165, 1.54) is 0 Å². The van der Waals surface area contributed by atoms with Gasteiger partial charge in [0.25, 0.3) is 0 Å². The van der Waals surface area contributed by atoms with E-state index in [0.29, 0.717) is 0 Å². The largest absolute Gasteiger partial charge is 3.00 e. The summed E-state index contributed by atoms with van der Waals surface area (Å²) in [4.78, 5) is 0. The van der Waals surface area contributed by atoms with Crippen LogP contribution in [-0.2, 0) is 20.8 Å². The number of hydrogen-bond acceptors (Lipinski definition) is 8. The minimum absolute atomic E-state index is 0. The Bertz CT molecular complexity index is 220. The molecule has 8 N–H and O–H groups in total. The molecular formula is H8Al2N2O8S2+4. The number of rotatable bonds is 0. The molecule has 0 aromatic heterocycles. The zero-order valence-electron chi connectivity index (χ0n) is 7.24. The van der Waals surface area contributed by atoms with Crippen LogP contribution in [-0.4, -0.2) is 69.8 Å². The van der Waals surface area contributed by atoms with Crippen LogP contribution in [0.3, 0.4) is 0 Å². The van der Waals surface area contributed by atoms with Gasteiger partial charge in [-0.3, -0.25) is 16.8 Å². The van der Waals surface area contributed by atoms with Crippen LogP contribution in [0.4, 0.5) is 0 Å². The van der Waals surface area contributed by atoms with Crippen LogP contribution in [0.2, 0.25) is 0 Å². The summed E-state index contributed by atoms with van der Waals surface area (Å²) in [6.07, 6.45) is 0. The van der Waals surface area contributed by atoms with Gasteiger partial charge in [-0.05, 0) is 0 Å². The molecule has 0 saturated carbocycles. The van der Waals surface area contributed by atoms with Crippen LogP contribution < -0.4 is 12.3 Å². The first-order valence-electron chi connectivity index (χ1n) is 1.33. The molecule has 0 aromatic rings. The quantitative estimate of drug-likeness (QED) is 0.269. The van der Waals surface area contributed by atoms with Crippen LogP contribution in [0.5, 0.6) is 0 Å². The van der Waals surface area contributed by atoms with Crippen molar-refractivity contribution in [2.45, 2.75) is 0 Å². The molecule has 0 amide bonds. The van der Waals surface area contributed by atoms with Crippen LogP contribution in [0, 0.1) is 0 Å². The Morgan fingerprint density at radius 3 is 0.571 bits per heavy atom. The van der Waals surface area contributed by atoms with Crippen molar-refractivity contribution >= 4 is 55.5 Å². The van der Waals surface area contributed by atoms with Gasteiger partial charge in [-0.25, -0.2) is 0 Å². The molecule has 0 atom stereocenters. The van der Waals surface area contributed by atoms with Crippen molar-refractivity contribution in [3.8, 4) is 0 Å². The molecule has 0 bridgehead atoms. The molecule has 14 heavy (non-hydrogen) atoms. The maximum absolute atomic E-state index is 8.52. The van der Waals surface area contributed by atoms with Gasteiger partial charge < -0.3 is 30.5 Å². The van der Waals surface area contributed by atoms with E-state index in [2.05, 4.69) is 0 Å². The predicted octanol–water partition coefficient (Wildman–Crippen LogP) is -2.69. The van der Waals surface area contributed by atoms with E-state index in [0.717, 1.165) is 0 Å². The van der Waals surface area contributed by atoms with Crippen molar-refractivity contribution < 1.29 is 35.0 Å². The third-order valence-electron chi connectivity index (χ3n) is 0. The van der Waals surface area contributed by atoms with Gasteiger partial charge in [0.15, 0.2) is 0 Å². The summed E-state index contributed by atoms with van der Waals surface area (Å²) in [6, 6.07) is 0. The second-order valence-electron chi connectivity index (χ2n) is 0.816. The molecule has 0 fully saturated rings. The second-order valence-corrected chi connectivity index (χ2v) is 2.45. The Hall–Kier alpha value is 0.725. The number of hydrogen-bond donors (Lipinski definition) is 2. The van der Waals surface area contributed by atoms with E-state index in [9.17, 15) is 0 Å². The van der Waals surface area contributed by atoms with E-state index in [4.69, 9.17) is 35.0 Å². The van der Waals surface area contributed by atoms with Crippen LogP contribution in [0.25, 0.3) is 0 Å². The summed E-state index contributed by atoms with van der Waals surface area (Å²) in [6.45, 7) is 0. The fourth-order valence-corrected chi connectivity index (χ4v) is 0. The summed E-state index contributed by atoms with van der Waals surface area (Å²) >= 11 is 0. The molecule has 14 heteroatoms. The van der Waals surface area contributed by atoms with Gasteiger partial charge in [-0.15, -0.1) is 0 Å². The van der Waals surface area contributed by atoms with Gasteiger partial charge in [0.05, 0.1) is 0 Å². The molecule has 10 nitrogen and oxygen atoms in total. The Morgan fingerprint density at radius 1 is 0.571 bits per heavy atom. The Balaban J connectivity index is -0.0000000178. The Morgan fingerprint density at radius 2 is 0.571 bits per heavy atom. The summed E-state index contributed by atoms with van der Waals surface area (Å²) in [5.74, 6) is 0. The molecule has 0 radical (unpaired) electrons. The SMILES string of the molecule is O=S(=O)([O-])[O-].O=S(=O)([O-])[O-].[Al+3].[Al+3].[NH4+].[NH4+]. The molecule has 0 aromatic carbocycles. The van der Waals surface area contributed by atoms with E-state index in [1.807, 2.05) is 0 Å². The van der Waals surface area contributed by atoms with Crippen molar-refractivity contribution in [2.24, 2.45) is 0 Å². The molecule has 0 heterocycles. The molecule has 0 aliphatic carbocycles. The number of quaternary nitrogens is 2. The third-order valence-corrected chi connectivity index (χ3v) is 0. The zero-order valence-corrected chi connectivity index (χ0v) is 11.2. The fourth-order valence-electron chi connectivity index (χ4n) is 0. The van der Waals surface area contributed by atoms with E-state index >= 15 is 0 Å². The average Bonchev–Trinajstić information content (AvgIpc) is 1.12. The van der Waals surface area contributed by atoms with Crippen molar-refractivity contribution in [2.75, 3.05) is 0 Å². The molecule has 80 valence electrons. The zero-order chi connectivity index (χ0) is 9.00. The molecule has 0 saturated heterocycles. The van der Waals surface area contributed by atoms with Gasteiger partial charge in [-0.2, -0.15) is 0 Å². The summed E-state index contributed by atoms with van der Waals surface area (Å²) in [5.41, 5.74) is 0. The minimum atomic E-state index is -5.17. The summed E-state index contributed by atoms with van der Waals surface area (Å²) in [5, 5.41) is 0. The summed E-state index contributed by atoms with van der Waals surface area (Å²) in [7, 11) is -10.3. The molecule has 0 rings (SSSR count). The monoisotopic (exact) mass is 282 g/mol. The smallest absolute Gasteiger partial charge is 0.759 e. The van der Waals surface area contributed by atoms with E-state index in [-0.39, 0.29) is 47.0 Å². The van der Waals surface area contributed by atoms with Crippen LogP contribution in [0.1, 0.15) is 0 Å². The van der Waals surface area contributed by atoms with Crippen molar-refractivity contribution in [1.82, 2.24) is 12.3 Å². The van der Waals surface area contributed by atoms with Gasteiger partial charge >= 0.3 is 34.7 Å². The van der Waals surface area contributed by atoms with Gasteiger partial charge in [0, 0.05) is 20.8 Å². The van der Waals surface area contributed by atoms with Crippen LogP contribution in [0.15, 0.2) is 0 Å². The predicted molar refractivity (Wildman–Crippen MR) is 44.4 cm³/mol. The Kier molecular flexibility index (Phi) is 35.7. The molecule has 0 aliphatic rings. The molecule has 0 spiro atoms. The Labute approximate surface area is 103 Å². The van der Waals surface area contributed by atoms with Gasteiger partial charge in [0.1, 0.15) is 0 Å². The maximum Gasteiger partial charge on any atom is 3.00 e. The molecular weight excluding hydrogens is 274 g/mol. The van der Waals surface area contributed by atoms with Crippen molar-refractivity contribution in [3.05, 3.63) is 0 Å². The summed E-state index contributed by atoms with van der Waals surface area (Å²) < 4.78 is 68.2. The molecule has 0 unspecified atom stereocenters. The first kappa shape index (κ1) is 36.4. The first-order valence-corrected chi connectivity index (χ1v) is 4.00. The standard InChI is InChI=1S/2Al.2H3N.2H2O4S/c;;;;2*1-5(2,3)4/h;;2*1H3;2*(H2,1,2,3,4)/q2*+3;;;;/p-2. The third kappa shape index (κ3) is 3330. The van der Waals surface area contributed by atoms with Crippen molar-refractivity contribution in [3.63, 3.8) is 0 Å². The molecule has 0 aliphatic heterocycles. The first-order chi connectivity index (χ1) is 4.00. The van der Waals surface area contributed by atoms with Gasteiger partial charge in [0.2, 0.25) is 0 Å². The normalized spacial score (nSPS) is 8.29. The van der Waals surface area contributed by atoms with E-state index < -0.39 is 20.8 Å². The maximum atomic E-state index is 8.52. The van der Waals surface area contributed by atoms with E-state index in [1.54, 1.807) is 0 Å². The topological polar surface area (TPSA) is 234 Å². The average molecular weight is 282 g/mol.